The lowest BCUT2D eigenvalue weighted by molar-refractivity contribution is 0.0751. The molecule has 1 amide bonds. The zero-order valence-electron chi connectivity index (χ0n) is 27.4. The summed E-state index contributed by atoms with van der Waals surface area (Å²) in [6.45, 7) is 1.67. The monoisotopic (exact) mass is 703 g/mol. The third-order valence-corrected chi connectivity index (χ3v) is 10.2. The van der Waals surface area contributed by atoms with Gasteiger partial charge < -0.3 is 9.80 Å². The van der Waals surface area contributed by atoms with E-state index in [1.165, 1.54) is 52.3 Å². The highest BCUT2D eigenvalue weighted by Crippen LogP contribution is 2.33. The van der Waals surface area contributed by atoms with E-state index < -0.39 is 11.4 Å². The maximum atomic E-state index is 14.3. The Morgan fingerprint density at radius 1 is 0.784 bits per heavy atom. The van der Waals surface area contributed by atoms with E-state index in [1.54, 1.807) is 47.4 Å². The van der Waals surface area contributed by atoms with Crippen LogP contribution in [-0.2, 0) is 19.4 Å². The van der Waals surface area contributed by atoms with Gasteiger partial charge in [-0.25, -0.2) is 18.2 Å². The van der Waals surface area contributed by atoms with Gasteiger partial charge in [0.1, 0.15) is 34.7 Å². The quantitative estimate of drug-likeness (QED) is 0.158. The van der Waals surface area contributed by atoms with Gasteiger partial charge in [0.2, 0.25) is 0 Å². The van der Waals surface area contributed by atoms with Gasteiger partial charge in [0.25, 0.3) is 11.5 Å². The van der Waals surface area contributed by atoms with E-state index in [-0.39, 0.29) is 35.6 Å². The average molecular weight is 704 g/mol. The standard InChI is InChI=1S/C40H32F3N5O2S/c41-30-9-3-26(4-10-30)22-29(23-27-5-11-31(42)12-6-27)35-16-15-33-37(46-17-19-47(20-18-46)40(50)36-2-1-21-51-36)34(24-44)39(49)48(38(33)45-35)25-28-7-13-32(43)14-8-28/h1-16,21,29H,17-20,22-23,25H2. The molecule has 7 nitrogen and oxygen atoms in total. The number of amides is 1. The first kappa shape index (κ1) is 33.8. The first-order chi connectivity index (χ1) is 24.8. The number of carbonyl (C=O) groups is 1. The molecule has 3 aromatic heterocycles. The van der Waals surface area contributed by atoms with E-state index in [1.807, 2.05) is 28.5 Å². The van der Waals surface area contributed by atoms with E-state index in [9.17, 15) is 28.0 Å². The number of nitrogens with zero attached hydrogens (tertiary/aromatic N) is 5. The van der Waals surface area contributed by atoms with Crippen molar-refractivity contribution >= 4 is 34.0 Å². The van der Waals surface area contributed by atoms with Crippen molar-refractivity contribution in [3.8, 4) is 6.07 Å². The molecule has 0 saturated carbocycles. The fourth-order valence-corrected chi connectivity index (χ4v) is 7.37. The number of halogens is 3. The summed E-state index contributed by atoms with van der Waals surface area (Å²) in [7, 11) is 0. The first-order valence-corrected chi connectivity index (χ1v) is 17.4. The van der Waals surface area contributed by atoms with Crippen LogP contribution >= 0.6 is 11.3 Å². The van der Waals surface area contributed by atoms with Gasteiger partial charge in [-0.3, -0.25) is 14.2 Å². The maximum Gasteiger partial charge on any atom is 0.272 e. The molecule has 0 spiro atoms. The highest BCUT2D eigenvalue weighted by Gasteiger charge is 2.29. The second kappa shape index (κ2) is 14.6. The number of piperazine rings is 1. The van der Waals surface area contributed by atoms with Crippen molar-refractivity contribution in [2.45, 2.75) is 25.3 Å². The van der Waals surface area contributed by atoms with Crippen LogP contribution in [0.4, 0.5) is 18.9 Å². The van der Waals surface area contributed by atoms with Crippen LogP contribution in [0.15, 0.2) is 107 Å². The molecule has 11 heteroatoms. The molecule has 1 fully saturated rings. The number of fused-ring (bicyclic) bond motifs is 1. The number of anilines is 1. The van der Waals surface area contributed by atoms with Crippen molar-refractivity contribution in [1.82, 2.24) is 14.5 Å². The van der Waals surface area contributed by atoms with Crippen LogP contribution < -0.4 is 10.5 Å². The van der Waals surface area contributed by atoms with Gasteiger partial charge in [0, 0.05) is 43.2 Å². The maximum absolute atomic E-state index is 14.3. The summed E-state index contributed by atoms with van der Waals surface area (Å²) in [6.07, 6.45) is 0.976. The second-order valence-corrected chi connectivity index (χ2v) is 13.5. The lowest BCUT2D eigenvalue weighted by atomic mass is 9.89. The van der Waals surface area contributed by atoms with E-state index in [0.717, 1.165) is 11.1 Å². The lowest BCUT2D eigenvalue weighted by Gasteiger charge is -2.37. The molecule has 0 aliphatic carbocycles. The number of benzene rings is 3. The van der Waals surface area contributed by atoms with Crippen LogP contribution in [0.5, 0.6) is 0 Å². The summed E-state index contributed by atoms with van der Waals surface area (Å²) in [5, 5.41) is 12.9. The van der Waals surface area contributed by atoms with Crippen LogP contribution in [0, 0.1) is 28.8 Å². The van der Waals surface area contributed by atoms with Crippen LogP contribution in [0.1, 0.15) is 43.5 Å². The Labute approximate surface area is 296 Å². The number of pyridine rings is 2. The van der Waals surface area contributed by atoms with Crippen molar-refractivity contribution in [1.29, 1.82) is 5.26 Å². The van der Waals surface area contributed by atoms with E-state index in [4.69, 9.17) is 4.98 Å². The van der Waals surface area contributed by atoms with Crippen molar-refractivity contribution < 1.29 is 18.0 Å². The van der Waals surface area contributed by atoms with Gasteiger partial charge in [0.15, 0.2) is 0 Å². The van der Waals surface area contributed by atoms with Crippen LogP contribution in [0.3, 0.4) is 0 Å². The highest BCUT2D eigenvalue weighted by atomic mass is 32.1. The molecular formula is C40H32F3N5O2S. The highest BCUT2D eigenvalue weighted by molar-refractivity contribution is 7.12. The van der Waals surface area contributed by atoms with Crippen LogP contribution in [-0.4, -0.2) is 46.5 Å². The van der Waals surface area contributed by atoms with Crippen molar-refractivity contribution in [3.63, 3.8) is 0 Å². The molecule has 1 aliphatic rings. The Kier molecular flexibility index (Phi) is 9.68. The minimum Gasteiger partial charge on any atom is -0.366 e. The summed E-state index contributed by atoms with van der Waals surface area (Å²) < 4.78 is 42.9. The normalized spacial score (nSPS) is 13.2. The largest absolute Gasteiger partial charge is 0.366 e. The van der Waals surface area contributed by atoms with Gasteiger partial charge in [-0.05, 0) is 89.5 Å². The molecule has 0 bridgehead atoms. The SMILES string of the molecule is N#Cc1c(N2CCN(C(=O)c3cccs3)CC2)c2ccc(C(Cc3ccc(F)cc3)Cc3ccc(F)cc3)nc2n(Cc2ccc(F)cc2)c1=O. The molecule has 0 atom stereocenters. The van der Waals surface area contributed by atoms with Gasteiger partial charge in [-0.2, -0.15) is 5.26 Å². The predicted octanol–water partition coefficient (Wildman–Crippen LogP) is 7.33. The molecule has 1 aliphatic heterocycles. The molecule has 51 heavy (non-hydrogen) atoms. The number of nitriles is 1. The fraction of sp³-hybridized carbons (Fsp3) is 0.200. The van der Waals surface area contributed by atoms with Gasteiger partial charge in [-0.15, -0.1) is 11.3 Å². The van der Waals surface area contributed by atoms with E-state index in [2.05, 4.69) is 6.07 Å². The molecule has 0 unspecified atom stereocenters. The number of rotatable bonds is 9. The van der Waals surface area contributed by atoms with Gasteiger partial charge in [0.05, 0.1) is 17.1 Å². The Morgan fingerprint density at radius 3 is 1.88 bits per heavy atom. The third kappa shape index (κ3) is 7.28. The third-order valence-electron chi connectivity index (χ3n) is 9.29. The van der Waals surface area contributed by atoms with Gasteiger partial charge >= 0.3 is 0 Å². The molecule has 4 heterocycles. The molecule has 0 N–H and O–H groups in total. The predicted molar refractivity (Wildman–Crippen MR) is 192 cm³/mol. The van der Waals surface area contributed by atoms with Crippen molar-refractivity contribution in [2.75, 3.05) is 31.1 Å². The molecule has 7 rings (SSSR count). The molecule has 1 saturated heterocycles. The number of thiophene rings is 1. The average Bonchev–Trinajstić information content (AvgIpc) is 3.70. The summed E-state index contributed by atoms with van der Waals surface area (Å²) in [4.78, 5) is 36.9. The summed E-state index contributed by atoms with van der Waals surface area (Å²) >= 11 is 1.39. The topological polar surface area (TPSA) is 82.2 Å². The summed E-state index contributed by atoms with van der Waals surface area (Å²) in [5.74, 6) is -1.40. The number of aromatic nitrogens is 2. The Balaban J connectivity index is 1.33. The smallest absolute Gasteiger partial charge is 0.272 e. The fourth-order valence-electron chi connectivity index (χ4n) is 6.68. The van der Waals surface area contributed by atoms with E-state index >= 15 is 0 Å². The lowest BCUT2D eigenvalue weighted by Crippen LogP contribution is -2.49. The molecule has 0 radical (unpaired) electrons. The second-order valence-electron chi connectivity index (χ2n) is 12.6. The summed E-state index contributed by atoms with van der Waals surface area (Å²) in [5.41, 5.74) is 3.32. The minimum atomic E-state index is -0.528. The molecular weight excluding hydrogens is 672 g/mol. The number of hydrogen-bond acceptors (Lipinski definition) is 6. The molecule has 3 aromatic carbocycles. The Morgan fingerprint density at radius 2 is 1.35 bits per heavy atom. The minimum absolute atomic E-state index is 0.0358. The molecule has 6 aromatic rings. The number of hydrogen-bond donors (Lipinski definition) is 0. The summed E-state index contributed by atoms with van der Waals surface area (Å²) in [6, 6.07) is 27.9. The van der Waals surface area contributed by atoms with Crippen molar-refractivity contribution in [2.24, 2.45) is 0 Å². The van der Waals surface area contributed by atoms with Crippen LogP contribution in [0.2, 0.25) is 0 Å². The zero-order valence-corrected chi connectivity index (χ0v) is 28.3. The van der Waals surface area contributed by atoms with Gasteiger partial charge in [-0.1, -0.05) is 42.5 Å². The molecule has 256 valence electrons. The number of carbonyl (C=O) groups excluding carboxylic acids is 1. The zero-order chi connectivity index (χ0) is 35.5. The van der Waals surface area contributed by atoms with E-state index in [0.29, 0.717) is 71.9 Å². The Hall–Kier alpha value is -5.73. The Bertz CT molecular complexity index is 2230. The van der Waals surface area contributed by atoms with Crippen molar-refractivity contribution in [3.05, 3.63) is 163 Å². The van der Waals surface area contributed by atoms with Crippen LogP contribution in [0.25, 0.3) is 11.0 Å². The first-order valence-electron chi connectivity index (χ1n) is 16.6.